The fourth-order valence-corrected chi connectivity index (χ4v) is 0.959. The first-order valence-electron chi connectivity index (χ1n) is 4.45. The van der Waals surface area contributed by atoms with Gasteiger partial charge in [-0.1, -0.05) is 12.7 Å². The normalized spacial score (nSPS) is 9.13. The van der Waals surface area contributed by atoms with Crippen molar-refractivity contribution in [1.29, 1.82) is 0 Å². The molecule has 15 heavy (non-hydrogen) atoms. The SMILES string of the molecule is C=CCOc1ccc(NC(=O)OC)cc1. The van der Waals surface area contributed by atoms with E-state index in [1.807, 2.05) is 0 Å². The molecule has 0 bridgehead atoms. The van der Waals surface area contributed by atoms with Crippen molar-refractivity contribution < 1.29 is 14.3 Å². The number of hydrogen-bond donors (Lipinski definition) is 1. The minimum atomic E-state index is -0.491. The number of carbonyl (C=O) groups excluding carboxylic acids is 1. The summed E-state index contributed by atoms with van der Waals surface area (Å²) in [6.07, 6.45) is 1.18. The minimum Gasteiger partial charge on any atom is -0.490 e. The second-order valence-electron chi connectivity index (χ2n) is 2.74. The highest BCUT2D eigenvalue weighted by Gasteiger charge is 1.99. The highest BCUT2D eigenvalue weighted by molar-refractivity contribution is 5.84. The van der Waals surface area contributed by atoms with E-state index in [4.69, 9.17) is 4.74 Å². The van der Waals surface area contributed by atoms with Crippen LogP contribution in [0, 0.1) is 0 Å². The Kier molecular flexibility index (Phi) is 4.22. The number of amides is 1. The van der Waals surface area contributed by atoms with E-state index in [2.05, 4.69) is 16.6 Å². The number of anilines is 1. The first-order valence-corrected chi connectivity index (χ1v) is 4.45. The topological polar surface area (TPSA) is 47.6 Å². The quantitative estimate of drug-likeness (QED) is 0.771. The predicted octanol–water partition coefficient (Wildman–Crippen LogP) is 2.43. The number of hydrogen-bond acceptors (Lipinski definition) is 3. The molecular weight excluding hydrogens is 194 g/mol. The molecule has 4 heteroatoms. The van der Waals surface area contributed by atoms with Crippen LogP contribution in [0.4, 0.5) is 10.5 Å². The summed E-state index contributed by atoms with van der Waals surface area (Å²) in [6.45, 7) is 4.01. The van der Waals surface area contributed by atoms with E-state index in [0.717, 1.165) is 5.75 Å². The Morgan fingerprint density at radius 1 is 1.47 bits per heavy atom. The van der Waals surface area contributed by atoms with Crippen LogP contribution in [0.25, 0.3) is 0 Å². The van der Waals surface area contributed by atoms with Crippen molar-refractivity contribution in [3.05, 3.63) is 36.9 Å². The van der Waals surface area contributed by atoms with Crippen molar-refractivity contribution in [2.45, 2.75) is 0 Å². The summed E-state index contributed by atoms with van der Waals surface area (Å²) in [5.41, 5.74) is 0.660. The largest absolute Gasteiger partial charge is 0.490 e. The molecule has 0 fully saturated rings. The molecule has 0 saturated heterocycles. The lowest BCUT2D eigenvalue weighted by atomic mass is 10.3. The molecule has 0 aliphatic carbocycles. The zero-order chi connectivity index (χ0) is 11.1. The first kappa shape index (κ1) is 11.1. The Balaban J connectivity index is 2.55. The molecule has 0 aromatic heterocycles. The molecule has 0 aliphatic rings. The molecule has 0 aliphatic heterocycles. The van der Waals surface area contributed by atoms with Crippen LogP contribution in [-0.2, 0) is 4.74 Å². The molecule has 1 amide bonds. The number of benzene rings is 1. The summed E-state index contributed by atoms with van der Waals surface area (Å²) in [7, 11) is 1.32. The highest BCUT2D eigenvalue weighted by Crippen LogP contribution is 2.15. The van der Waals surface area contributed by atoms with Crippen LogP contribution in [0.2, 0.25) is 0 Å². The van der Waals surface area contributed by atoms with E-state index in [9.17, 15) is 4.79 Å². The third kappa shape index (κ3) is 3.72. The van der Waals surface area contributed by atoms with Crippen molar-refractivity contribution in [2.75, 3.05) is 19.0 Å². The highest BCUT2D eigenvalue weighted by atomic mass is 16.5. The molecule has 1 aromatic rings. The summed E-state index contributed by atoms with van der Waals surface area (Å²) >= 11 is 0. The van der Waals surface area contributed by atoms with Crippen LogP contribution in [0.1, 0.15) is 0 Å². The third-order valence-corrected chi connectivity index (χ3v) is 1.65. The van der Waals surface area contributed by atoms with Gasteiger partial charge in [0.25, 0.3) is 0 Å². The summed E-state index contributed by atoms with van der Waals surface area (Å²) in [5, 5.41) is 2.54. The lowest BCUT2D eigenvalue weighted by molar-refractivity contribution is 0.187. The second-order valence-corrected chi connectivity index (χ2v) is 2.74. The Morgan fingerprint density at radius 3 is 2.67 bits per heavy atom. The molecule has 80 valence electrons. The molecule has 0 saturated carbocycles. The van der Waals surface area contributed by atoms with Gasteiger partial charge in [-0.2, -0.15) is 0 Å². The van der Waals surface area contributed by atoms with Crippen LogP contribution in [-0.4, -0.2) is 19.8 Å². The maximum absolute atomic E-state index is 10.9. The zero-order valence-electron chi connectivity index (χ0n) is 8.53. The van der Waals surface area contributed by atoms with Gasteiger partial charge in [0, 0.05) is 5.69 Å². The third-order valence-electron chi connectivity index (χ3n) is 1.65. The number of nitrogens with one attached hydrogen (secondary N) is 1. The number of methoxy groups -OCH3 is 1. The van der Waals surface area contributed by atoms with Crippen molar-refractivity contribution >= 4 is 11.8 Å². The lowest BCUT2D eigenvalue weighted by Crippen LogP contribution is -2.10. The second kappa shape index (κ2) is 5.70. The van der Waals surface area contributed by atoms with Gasteiger partial charge in [0.15, 0.2) is 0 Å². The molecule has 1 N–H and O–H groups in total. The maximum Gasteiger partial charge on any atom is 0.411 e. The number of carbonyl (C=O) groups is 1. The van der Waals surface area contributed by atoms with E-state index in [1.54, 1.807) is 30.3 Å². The van der Waals surface area contributed by atoms with Gasteiger partial charge in [0.05, 0.1) is 7.11 Å². The van der Waals surface area contributed by atoms with Gasteiger partial charge in [0.1, 0.15) is 12.4 Å². The number of rotatable bonds is 4. The molecule has 0 unspecified atom stereocenters. The lowest BCUT2D eigenvalue weighted by Gasteiger charge is -2.05. The number of ether oxygens (including phenoxy) is 2. The molecule has 0 heterocycles. The van der Waals surface area contributed by atoms with Gasteiger partial charge >= 0.3 is 6.09 Å². The summed E-state index contributed by atoms with van der Waals surface area (Å²) < 4.78 is 9.73. The smallest absolute Gasteiger partial charge is 0.411 e. The van der Waals surface area contributed by atoms with Gasteiger partial charge in [-0.15, -0.1) is 0 Å². The molecular formula is C11H13NO3. The maximum atomic E-state index is 10.9. The van der Waals surface area contributed by atoms with Crippen molar-refractivity contribution in [3.63, 3.8) is 0 Å². The fourth-order valence-electron chi connectivity index (χ4n) is 0.959. The standard InChI is InChI=1S/C11H13NO3/c1-3-8-15-10-6-4-9(5-7-10)12-11(13)14-2/h3-7H,1,8H2,2H3,(H,12,13). The van der Waals surface area contributed by atoms with Gasteiger partial charge in [-0.25, -0.2) is 4.79 Å². The molecule has 4 nitrogen and oxygen atoms in total. The van der Waals surface area contributed by atoms with Crippen LogP contribution in [0.5, 0.6) is 5.75 Å². The van der Waals surface area contributed by atoms with Gasteiger partial charge in [0.2, 0.25) is 0 Å². The molecule has 0 atom stereocenters. The predicted molar refractivity (Wildman–Crippen MR) is 58.2 cm³/mol. The first-order chi connectivity index (χ1) is 7.26. The Morgan fingerprint density at radius 2 is 2.13 bits per heavy atom. The van der Waals surface area contributed by atoms with Gasteiger partial charge in [-0.3, -0.25) is 5.32 Å². The van der Waals surface area contributed by atoms with Crippen LogP contribution in [0.3, 0.4) is 0 Å². The van der Waals surface area contributed by atoms with Crippen LogP contribution < -0.4 is 10.1 Å². The van der Waals surface area contributed by atoms with Crippen molar-refractivity contribution in [3.8, 4) is 5.75 Å². The zero-order valence-corrected chi connectivity index (χ0v) is 8.53. The Bertz CT molecular complexity index is 332. The Labute approximate surface area is 88.5 Å². The van der Waals surface area contributed by atoms with Crippen LogP contribution >= 0.6 is 0 Å². The molecule has 1 aromatic carbocycles. The average molecular weight is 207 g/mol. The van der Waals surface area contributed by atoms with E-state index >= 15 is 0 Å². The fraction of sp³-hybridized carbons (Fsp3) is 0.182. The summed E-state index contributed by atoms with van der Waals surface area (Å²) in [5.74, 6) is 0.727. The van der Waals surface area contributed by atoms with Gasteiger partial charge in [-0.05, 0) is 24.3 Å². The van der Waals surface area contributed by atoms with Crippen molar-refractivity contribution in [2.24, 2.45) is 0 Å². The monoisotopic (exact) mass is 207 g/mol. The van der Waals surface area contributed by atoms with E-state index in [-0.39, 0.29) is 0 Å². The molecule has 0 radical (unpaired) electrons. The van der Waals surface area contributed by atoms with E-state index in [0.29, 0.717) is 12.3 Å². The average Bonchev–Trinajstić information content (AvgIpc) is 2.28. The van der Waals surface area contributed by atoms with Crippen LogP contribution in [0.15, 0.2) is 36.9 Å². The van der Waals surface area contributed by atoms with Gasteiger partial charge < -0.3 is 9.47 Å². The molecule has 0 spiro atoms. The Hall–Kier alpha value is -1.97. The molecule has 1 rings (SSSR count). The minimum absolute atomic E-state index is 0.462. The summed E-state index contributed by atoms with van der Waals surface area (Å²) in [4.78, 5) is 10.9. The van der Waals surface area contributed by atoms with E-state index < -0.39 is 6.09 Å². The van der Waals surface area contributed by atoms with E-state index in [1.165, 1.54) is 7.11 Å². The van der Waals surface area contributed by atoms with Crippen molar-refractivity contribution in [1.82, 2.24) is 0 Å². The summed E-state index contributed by atoms with van der Waals surface area (Å²) in [6, 6.07) is 6.98.